The number of piperidine rings is 2. The van der Waals surface area contributed by atoms with E-state index in [0.29, 0.717) is 12.1 Å². The second-order valence-corrected chi connectivity index (χ2v) is 6.86. The minimum Gasteiger partial charge on any atom is -0.300 e. The van der Waals surface area contributed by atoms with E-state index >= 15 is 0 Å². The lowest BCUT2D eigenvalue weighted by atomic mass is 9.83. The average molecular weight is 257 g/mol. The highest BCUT2D eigenvalue weighted by atomic mass is 32.2. The minimum absolute atomic E-state index is 0.0137. The summed E-state index contributed by atoms with van der Waals surface area (Å²) in [6.07, 6.45) is 5.31. The molecule has 0 amide bonds. The smallest absolute Gasteiger partial charge is 0.225 e. The van der Waals surface area contributed by atoms with E-state index in [-0.39, 0.29) is 6.04 Å². The van der Waals surface area contributed by atoms with Crippen LogP contribution in [0.1, 0.15) is 32.1 Å². The number of rotatable bonds is 3. The molecule has 5 nitrogen and oxygen atoms in total. The summed E-state index contributed by atoms with van der Waals surface area (Å²) < 4.78 is 25.8. The molecule has 0 radical (unpaired) electrons. The lowest BCUT2D eigenvalue weighted by Gasteiger charge is -2.47. The van der Waals surface area contributed by atoms with Crippen LogP contribution in [0.3, 0.4) is 0 Å². The highest BCUT2D eigenvalue weighted by Crippen LogP contribution is 2.32. The van der Waals surface area contributed by atoms with Gasteiger partial charge in [-0.1, -0.05) is 6.42 Å². The van der Waals surface area contributed by atoms with Gasteiger partial charge < -0.3 is 4.90 Å². The Morgan fingerprint density at radius 1 is 1.35 bits per heavy atom. The number of sulfonamides is 1. The fraction of sp³-hybridized carbons (Fsp3) is 0.909. The minimum atomic E-state index is -3.41. The summed E-state index contributed by atoms with van der Waals surface area (Å²) in [5, 5.41) is 8.46. The number of fused-ring (bicyclic) bond motifs is 2. The number of hydrogen-bond donors (Lipinski definition) is 1. The summed E-state index contributed by atoms with van der Waals surface area (Å²) >= 11 is 0. The predicted molar refractivity (Wildman–Crippen MR) is 64.7 cm³/mol. The van der Waals surface area contributed by atoms with Crippen molar-refractivity contribution in [2.45, 2.75) is 50.2 Å². The Morgan fingerprint density at radius 3 is 2.47 bits per heavy atom. The van der Waals surface area contributed by atoms with E-state index in [4.69, 9.17) is 5.26 Å². The molecule has 2 saturated heterocycles. The SMILES string of the molecule is CN1C2CCCC1CC(NS(=O)(=O)CC#N)C2. The van der Waals surface area contributed by atoms with Gasteiger partial charge in [-0.2, -0.15) is 5.26 Å². The first-order chi connectivity index (χ1) is 8.02. The topological polar surface area (TPSA) is 73.2 Å². The van der Waals surface area contributed by atoms with Gasteiger partial charge in [0.05, 0.1) is 6.07 Å². The van der Waals surface area contributed by atoms with Crippen molar-refractivity contribution in [2.75, 3.05) is 12.8 Å². The standard InChI is InChI=1S/C11H19N3O2S/c1-14-10-3-2-4-11(14)8-9(7-10)13-17(15,16)6-5-12/h9-11,13H,2-4,6-8H2,1H3. The van der Waals surface area contributed by atoms with Crippen LogP contribution in [0.25, 0.3) is 0 Å². The summed E-state index contributed by atoms with van der Waals surface area (Å²) in [5.41, 5.74) is 0. The largest absolute Gasteiger partial charge is 0.300 e. The Labute approximate surface area is 103 Å². The van der Waals surface area contributed by atoms with E-state index < -0.39 is 15.8 Å². The first-order valence-electron chi connectivity index (χ1n) is 6.11. The summed E-state index contributed by atoms with van der Waals surface area (Å²) in [6.45, 7) is 0. The highest BCUT2D eigenvalue weighted by Gasteiger charge is 2.37. The van der Waals surface area contributed by atoms with E-state index in [1.807, 2.05) is 0 Å². The lowest BCUT2D eigenvalue weighted by molar-refractivity contribution is 0.0536. The van der Waals surface area contributed by atoms with Gasteiger partial charge in [0.25, 0.3) is 0 Å². The van der Waals surface area contributed by atoms with Crippen LogP contribution in [0.5, 0.6) is 0 Å². The molecule has 0 saturated carbocycles. The Kier molecular flexibility index (Phi) is 3.71. The Balaban J connectivity index is 1.99. The van der Waals surface area contributed by atoms with Crippen molar-refractivity contribution in [1.29, 1.82) is 5.26 Å². The molecule has 96 valence electrons. The molecule has 2 atom stereocenters. The van der Waals surface area contributed by atoms with Crippen LogP contribution in [-0.4, -0.2) is 44.2 Å². The average Bonchev–Trinajstić information content (AvgIpc) is 2.18. The molecule has 2 aliphatic rings. The van der Waals surface area contributed by atoms with Crippen LogP contribution in [0.4, 0.5) is 0 Å². The molecule has 2 heterocycles. The van der Waals surface area contributed by atoms with Crippen LogP contribution < -0.4 is 4.72 Å². The van der Waals surface area contributed by atoms with Gasteiger partial charge in [-0.05, 0) is 32.7 Å². The van der Waals surface area contributed by atoms with Crippen molar-refractivity contribution >= 4 is 10.0 Å². The number of hydrogen-bond acceptors (Lipinski definition) is 4. The zero-order chi connectivity index (χ0) is 12.5. The van der Waals surface area contributed by atoms with Crippen molar-refractivity contribution in [3.05, 3.63) is 0 Å². The Bertz CT molecular complexity index is 401. The van der Waals surface area contributed by atoms with Crippen molar-refractivity contribution in [3.63, 3.8) is 0 Å². The van der Waals surface area contributed by atoms with E-state index in [1.165, 1.54) is 6.42 Å². The molecule has 17 heavy (non-hydrogen) atoms. The Hall–Kier alpha value is -0.640. The molecule has 0 spiro atoms. The van der Waals surface area contributed by atoms with E-state index in [0.717, 1.165) is 25.7 Å². The maximum Gasteiger partial charge on any atom is 0.225 e. The van der Waals surface area contributed by atoms with Crippen LogP contribution >= 0.6 is 0 Å². The predicted octanol–water partition coefficient (Wildman–Crippen LogP) is 0.445. The molecule has 2 unspecified atom stereocenters. The van der Waals surface area contributed by atoms with Gasteiger partial charge >= 0.3 is 0 Å². The second-order valence-electron chi connectivity index (χ2n) is 5.11. The van der Waals surface area contributed by atoms with Crippen molar-refractivity contribution < 1.29 is 8.42 Å². The maximum atomic E-state index is 11.6. The lowest BCUT2D eigenvalue weighted by Crippen LogP contribution is -2.55. The van der Waals surface area contributed by atoms with Crippen LogP contribution in [0.15, 0.2) is 0 Å². The summed E-state index contributed by atoms with van der Waals surface area (Å²) in [4.78, 5) is 2.39. The number of nitrogens with zero attached hydrogens (tertiary/aromatic N) is 2. The fourth-order valence-corrected chi connectivity index (χ4v) is 4.05. The molecule has 2 aliphatic heterocycles. The first kappa shape index (κ1) is 12.8. The molecule has 2 bridgehead atoms. The van der Waals surface area contributed by atoms with Crippen molar-refractivity contribution in [3.8, 4) is 6.07 Å². The van der Waals surface area contributed by atoms with E-state index in [9.17, 15) is 8.42 Å². The second kappa shape index (κ2) is 4.92. The van der Waals surface area contributed by atoms with Gasteiger partial charge in [-0.25, -0.2) is 13.1 Å². The van der Waals surface area contributed by atoms with Gasteiger partial charge in [0.15, 0.2) is 5.75 Å². The summed E-state index contributed by atoms with van der Waals surface area (Å²) in [7, 11) is -1.28. The highest BCUT2D eigenvalue weighted by molar-refractivity contribution is 7.89. The summed E-state index contributed by atoms with van der Waals surface area (Å²) in [6, 6.07) is 2.70. The molecule has 0 aromatic rings. The number of nitrogens with one attached hydrogen (secondary N) is 1. The molecular weight excluding hydrogens is 238 g/mol. The normalized spacial score (nSPS) is 34.2. The first-order valence-corrected chi connectivity index (χ1v) is 7.76. The van der Waals surface area contributed by atoms with Crippen LogP contribution in [-0.2, 0) is 10.0 Å². The molecule has 1 N–H and O–H groups in total. The summed E-state index contributed by atoms with van der Waals surface area (Å²) in [5.74, 6) is -0.436. The molecule has 2 rings (SSSR count). The third-order valence-electron chi connectivity index (χ3n) is 3.94. The molecule has 0 aliphatic carbocycles. The molecule has 0 aromatic carbocycles. The van der Waals surface area contributed by atoms with Gasteiger partial charge in [-0.3, -0.25) is 0 Å². The molecule has 6 heteroatoms. The van der Waals surface area contributed by atoms with Gasteiger partial charge in [0.1, 0.15) is 0 Å². The monoisotopic (exact) mass is 257 g/mol. The Morgan fingerprint density at radius 2 is 1.94 bits per heavy atom. The maximum absolute atomic E-state index is 11.6. The number of nitriles is 1. The van der Waals surface area contributed by atoms with Gasteiger partial charge in [-0.15, -0.1) is 0 Å². The zero-order valence-electron chi connectivity index (χ0n) is 10.1. The molecule has 2 fully saturated rings. The van der Waals surface area contributed by atoms with E-state index in [2.05, 4.69) is 16.7 Å². The third-order valence-corrected chi connectivity index (χ3v) is 5.14. The van der Waals surface area contributed by atoms with Crippen molar-refractivity contribution in [1.82, 2.24) is 9.62 Å². The van der Waals surface area contributed by atoms with Gasteiger partial charge in [0, 0.05) is 18.1 Å². The van der Waals surface area contributed by atoms with E-state index in [1.54, 1.807) is 6.07 Å². The third kappa shape index (κ3) is 2.97. The molecular formula is C11H19N3O2S. The fourth-order valence-electron chi connectivity index (χ4n) is 3.09. The van der Waals surface area contributed by atoms with Crippen molar-refractivity contribution in [2.24, 2.45) is 0 Å². The van der Waals surface area contributed by atoms with Crippen LogP contribution in [0, 0.1) is 11.3 Å². The zero-order valence-corrected chi connectivity index (χ0v) is 10.9. The van der Waals surface area contributed by atoms with Crippen LogP contribution in [0.2, 0.25) is 0 Å². The van der Waals surface area contributed by atoms with Gasteiger partial charge in [0.2, 0.25) is 10.0 Å². The molecule has 0 aromatic heterocycles. The quantitative estimate of drug-likeness (QED) is 0.796.